The molecule has 1 N–H and O–H groups in total. The molecule has 0 spiro atoms. The van der Waals surface area contributed by atoms with Crippen LogP contribution in [0.25, 0.3) is 0 Å². The maximum Gasteiger partial charge on any atom is 0.511 e. The molecular weight excluding hydrogens is 508 g/mol. The van der Waals surface area contributed by atoms with Crippen LogP contribution in [0.2, 0.25) is 0 Å². The van der Waals surface area contributed by atoms with E-state index in [1.807, 2.05) is 49.3 Å². The van der Waals surface area contributed by atoms with Gasteiger partial charge in [-0.15, -0.1) is 24.0 Å². The van der Waals surface area contributed by atoms with E-state index in [0.29, 0.717) is 36.2 Å². The Hall–Kier alpha value is -1.08. The summed E-state index contributed by atoms with van der Waals surface area (Å²) in [7, 11) is -1.51. The summed E-state index contributed by atoms with van der Waals surface area (Å²) in [5.74, 6) is 0.774. The van der Waals surface area contributed by atoms with Crippen molar-refractivity contribution in [2.75, 3.05) is 33.7 Å². The van der Waals surface area contributed by atoms with Crippen LogP contribution in [0.15, 0.2) is 35.3 Å². The van der Waals surface area contributed by atoms with Crippen LogP contribution in [0, 0.1) is 5.92 Å². The van der Waals surface area contributed by atoms with Gasteiger partial charge in [0.25, 0.3) is 0 Å². The molecule has 1 fully saturated rings. The van der Waals surface area contributed by atoms with Crippen LogP contribution >= 0.6 is 24.0 Å². The van der Waals surface area contributed by atoms with Crippen LogP contribution in [0.5, 0.6) is 0 Å². The van der Waals surface area contributed by atoms with Gasteiger partial charge in [0.15, 0.2) is 5.96 Å². The van der Waals surface area contributed by atoms with Crippen LogP contribution in [-0.2, 0) is 16.6 Å². The standard InChI is InChI=1S/C17H25F3N4O2S.HI/c1-23(2)16(21-12-14-6-4-3-5-7-14)22-13-15-8-10-24(11-9-15)27(25,26)17(18,19)20;/h3-7,15H,8-13H2,1-2H3,(H,21,22);1H. The minimum absolute atomic E-state index is 0. The highest BCUT2D eigenvalue weighted by atomic mass is 127. The molecule has 1 aromatic carbocycles. The summed E-state index contributed by atoms with van der Waals surface area (Å²) in [6.45, 7) is 0.814. The van der Waals surface area contributed by atoms with Crippen molar-refractivity contribution in [1.82, 2.24) is 14.5 Å². The largest absolute Gasteiger partial charge is 0.511 e. The van der Waals surface area contributed by atoms with E-state index in [9.17, 15) is 21.6 Å². The number of aliphatic imine (C=N–C) groups is 1. The summed E-state index contributed by atoms with van der Waals surface area (Å²) in [6.07, 6.45) is 0.753. The lowest BCUT2D eigenvalue weighted by Gasteiger charge is -2.32. The average Bonchev–Trinajstić information content (AvgIpc) is 2.61. The molecule has 2 rings (SSSR count). The minimum Gasteiger partial charge on any atom is -0.356 e. The summed E-state index contributed by atoms with van der Waals surface area (Å²) in [5, 5.41) is 3.23. The molecule has 0 atom stereocenters. The first kappa shape index (κ1) is 25.0. The predicted molar refractivity (Wildman–Crippen MR) is 114 cm³/mol. The Morgan fingerprint density at radius 3 is 2.29 bits per heavy atom. The number of hydrogen-bond acceptors (Lipinski definition) is 3. The van der Waals surface area contributed by atoms with Gasteiger partial charge in [0, 0.05) is 33.7 Å². The number of alkyl halides is 3. The van der Waals surface area contributed by atoms with Crippen LogP contribution in [0.1, 0.15) is 18.4 Å². The van der Waals surface area contributed by atoms with Crippen molar-refractivity contribution in [2.24, 2.45) is 10.9 Å². The quantitative estimate of drug-likeness (QED) is 0.359. The number of benzene rings is 1. The van der Waals surface area contributed by atoms with E-state index in [1.165, 1.54) is 0 Å². The summed E-state index contributed by atoms with van der Waals surface area (Å²) in [4.78, 5) is 6.38. The van der Waals surface area contributed by atoms with Crippen LogP contribution in [0.4, 0.5) is 13.2 Å². The summed E-state index contributed by atoms with van der Waals surface area (Å²) in [6, 6.07) is 9.78. The van der Waals surface area contributed by atoms with E-state index in [0.717, 1.165) is 5.56 Å². The molecule has 0 bridgehead atoms. The fourth-order valence-corrected chi connectivity index (χ4v) is 3.83. The van der Waals surface area contributed by atoms with Gasteiger partial charge in [0.05, 0.1) is 6.54 Å². The summed E-state index contributed by atoms with van der Waals surface area (Å²) in [5.41, 5.74) is -4.16. The normalized spacial score (nSPS) is 17.1. The number of guanidine groups is 1. The van der Waals surface area contributed by atoms with E-state index in [-0.39, 0.29) is 43.0 Å². The average molecular weight is 534 g/mol. The molecule has 1 aromatic rings. The molecular formula is C17H26F3IN4O2S. The van der Waals surface area contributed by atoms with Gasteiger partial charge in [0.2, 0.25) is 0 Å². The number of nitrogens with zero attached hydrogens (tertiary/aromatic N) is 3. The van der Waals surface area contributed by atoms with Crippen molar-refractivity contribution in [3.05, 3.63) is 35.9 Å². The SMILES string of the molecule is CN(C)C(=NCc1ccccc1)NCC1CCN(S(=O)(=O)C(F)(F)F)CC1.I. The molecule has 0 saturated carbocycles. The second-order valence-electron chi connectivity index (χ2n) is 6.69. The first-order valence-electron chi connectivity index (χ1n) is 8.67. The molecule has 0 amide bonds. The van der Waals surface area contributed by atoms with Crippen LogP contribution in [0.3, 0.4) is 0 Å². The molecule has 0 aliphatic carbocycles. The lowest BCUT2D eigenvalue weighted by atomic mass is 9.98. The highest BCUT2D eigenvalue weighted by Gasteiger charge is 2.50. The van der Waals surface area contributed by atoms with Crippen molar-refractivity contribution in [3.8, 4) is 0 Å². The van der Waals surface area contributed by atoms with Crippen LogP contribution in [-0.4, -0.2) is 62.8 Å². The molecule has 0 radical (unpaired) electrons. The molecule has 6 nitrogen and oxygen atoms in total. The smallest absolute Gasteiger partial charge is 0.356 e. The van der Waals surface area contributed by atoms with Gasteiger partial charge >= 0.3 is 15.5 Å². The molecule has 1 aliphatic rings. The fourth-order valence-electron chi connectivity index (χ4n) is 2.84. The van der Waals surface area contributed by atoms with E-state index >= 15 is 0 Å². The molecule has 0 unspecified atom stereocenters. The van der Waals surface area contributed by atoms with Gasteiger partial charge in [-0.05, 0) is 24.3 Å². The zero-order valence-corrected chi connectivity index (χ0v) is 19.0. The minimum atomic E-state index is -5.24. The highest BCUT2D eigenvalue weighted by molar-refractivity contribution is 14.0. The number of sulfonamides is 1. The van der Waals surface area contributed by atoms with E-state index in [2.05, 4.69) is 10.3 Å². The van der Waals surface area contributed by atoms with E-state index in [4.69, 9.17) is 0 Å². The third-order valence-electron chi connectivity index (χ3n) is 4.43. The monoisotopic (exact) mass is 534 g/mol. The Morgan fingerprint density at radius 2 is 1.79 bits per heavy atom. The maximum atomic E-state index is 12.6. The molecule has 28 heavy (non-hydrogen) atoms. The zero-order chi connectivity index (χ0) is 20.1. The number of halogens is 4. The Bertz CT molecular complexity index is 735. The van der Waals surface area contributed by atoms with E-state index < -0.39 is 15.5 Å². The third kappa shape index (κ3) is 6.76. The molecule has 1 heterocycles. The second-order valence-corrected chi connectivity index (χ2v) is 8.62. The van der Waals surface area contributed by atoms with Crippen molar-refractivity contribution in [1.29, 1.82) is 0 Å². The molecule has 1 saturated heterocycles. The lowest BCUT2D eigenvalue weighted by molar-refractivity contribution is -0.0496. The first-order chi connectivity index (χ1) is 12.6. The number of rotatable bonds is 5. The topological polar surface area (TPSA) is 65.0 Å². The Labute approximate surface area is 181 Å². The van der Waals surface area contributed by atoms with Gasteiger partial charge in [-0.2, -0.15) is 17.5 Å². The lowest BCUT2D eigenvalue weighted by Crippen LogP contribution is -2.47. The summed E-state index contributed by atoms with van der Waals surface area (Å²) >= 11 is 0. The Morgan fingerprint density at radius 1 is 1.21 bits per heavy atom. The number of hydrogen-bond donors (Lipinski definition) is 1. The Balaban J connectivity index is 0.00000392. The highest BCUT2D eigenvalue weighted by Crippen LogP contribution is 2.30. The van der Waals surface area contributed by atoms with Gasteiger partial charge in [-0.1, -0.05) is 30.3 Å². The van der Waals surface area contributed by atoms with Gasteiger partial charge < -0.3 is 10.2 Å². The third-order valence-corrected chi connectivity index (χ3v) is 6.06. The van der Waals surface area contributed by atoms with Gasteiger partial charge in [0.1, 0.15) is 0 Å². The van der Waals surface area contributed by atoms with E-state index in [1.54, 1.807) is 0 Å². The fraction of sp³-hybridized carbons (Fsp3) is 0.588. The van der Waals surface area contributed by atoms with Crippen molar-refractivity contribution >= 4 is 40.0 Å². The molecule has 1 aliphatic heterocycles. The Kier molecular flexibility index (Phi) is 9.47. The van der Waals surface area contributed by atoms with Crippen molar-refractivity contribution < 1.29 is 21.6 Å². The van der Waals surface area contributed by atoms with Crippen molar-refractivity contribution in [3.63, 3.8) is 0 Å². The number of nitrogens with one attached hydrogen (secondary N) is 1. The maximum absolute atomic E-state index is 12.6. The molecule has 11 heteroatoms. The zero-order valence-electron chi connectivity index (χ0n) is 15.8. The second kappa shape index (κ2) is 10.6. The molecule has 0 aromatic heterocycles. The van der Waals surface area contributed by atoms with Gasteiger partial charge in [-0.25, -0.2) is 13.4 Å². The van der Waals surface area contributed by atoms with Gasteiger partial charge in [-0.3, -0.25) is 0 Å². The predicted octanol–water partition coefficient (Wildman–Crippen LogP) is 2.87. The van der Waals surface area contributed by atoms with Crippen molar-refractivity contribution in [2.45, 2.75) is 24.9 Å². The summed E-state index contributed by atoms with van der Waals surface area (Å²) < 4.78 is 61.3. The number of piperidine rings is 1. The first-order valence-corrected chi connectivity index (χ1v) is 10.1. The van der Waals surface area contributed by atoms with Crippen LogP contribution < -0.4 is 5.32 Å². The molecule has 160 valence electrons.